The van der Waals surface area contributed by atoms with Crippen LogP contribution in [0.25, 0.3) is 0 Å². The Hall–Kier alpha value is -3.77. The van der Waals surface area contributed by atoms with Crippen LogP contribution in [0.2, 0.25) is 0 Å². The Morgan fingerprint density at radius 1 is 0.743 bits per heavy atom. The van der Waals surface area contributed by atoms with Crippen molar-refractivity contribution in [1.29, 1.82) is 0 Å². The van der Waals surface area contributed by atoms with Gasteiger partial charge in [0.2, 0.25) is 0 Å². The molecule has 0 N–H and O–H groups in total. The van der Waals surface area contributed by atoms with Gasteiger partial charge in [-0.15, -0.1) is 0 Å². The van der Waals surface area contributed by atoms with Crippen LogP contribution in [-0.4, -0.2) is 142 Å². The summed E-state index contributed by atoms with van der Waals surface area (Å²) in [5.41, 5.74) is -0.783. The van der Waals surface area contributed by atoms with Gasteiger partial charge in [0.05, 0.1) is 65.3 Å². The molecule has 4 saturated heterocycles. The maximum Gasteiger partial charge on any atom is 0.338 e. The van der Waals surface area contributed by atoms with Gasteiger partial charge in [-0.1, -0.05) is 70.7 Å². The summed E-state index contributed by atoms with van der Waals surface area (Å²) in [6, 6.07) is 17.3. The lowest BCUT2D eigenvalue weighted by atomic mass is 9.74. The largest absolute Gasteiger partial charge is 0.457 e. The predicted molar refractivity (Wildman–Crippen MR) is 262 cm³/mol. The van der Waals surface area contributed by atoms with Gasteiger partial charge in [-0.05, 0) is 118 Å². The van der Waals surface area contributed by atoms with E-state index in [0.29, 0.717) is 36.0 Å². The fourth-order valence-electron chi connectivity index (χ4n) is 11.3. The zero-order valence-corrected chi connectivity index (χ0v) is 44.2. The van der Waals surface area contributed by atoms with E-state index in [0.717, 1.165) is 0 Å². The van der Waals surface area contributed by atoms with Crippen LogP contribution in [0.1, 0.15) is 123 Å². The first-order valence-electron chi connectivity index (χ1n) is 25.1. The molecule has 2 unspecified atom stereocenters. The summed E-state index contributed by atoms with van der Waals surface area (Å²) in [6.45, 7) is 25.8. The number of methoxy groups -OCH3 is 2. The molecular weight excluding hydrogens is 899 g/mol. The molecule has 18 atom stereocenters. The minimum atomic E-state index is -1.14. The summed E-state index contributed by atoms with van der Waals surface area (Å²) >= 11 is 0. The molecule has 0 amide bonds. The van der Waals surface area contributed by atoms with Gasteiger partial charge in [0.25, 0.3) is 0 Å². The van der Waals surface area contributed by atoms with Gasteiger partial charge in [0, 0.05) is 32.5 Å². The molecule has 0 saturated carbocycles. The Bertz CT molecular complexity index is 2070. The number of likely N-dealkylation sites (N-methyl/N-ethyl adjacent to an activating group) is 1. The van der Waals surface area contributed by atoms with Crippen LogP contribution in [0.5, 0.6) is 0 Å². The number of ether oxygens (including phenoxy) is 11. The molecule has 2 aromatic carbocycles. The number of hydrogen-bond donors (Lipinski definition) is 0. The lowest BCUT2D eigenvalue weighted by molar-refractivity contribution is -0.330. The molecule has 4 fully saturated rings. The molecule has 70 heavy (non-hydrogen) atoms. The molecule has 0 radical (unpaired) electrons. The highest BCUT2D eigenvalue weighted by Crippen LogP contribution is 2.45. The summed E-state index contributed by atoms with van der Waals surface area (Å²) in [5, 5.41) is 0. The zero-order chi connectivity index (χ0) is 51.5. The van der Waals surface area contributed by atoms with Crippen molar-refractivity contribution in [3.63, 3.8) is 0 Å². The lowest BCUT2D eigenvalue weighted by Gasteiger charge is -2.52. The number of hydrogen-bond acceptors (Lipinski definition) is 15. The summed E-state index contributed by atoms with van der Waals surface area (Å²) in [6.07, 6.45) is -6.67. The number of esters is 3. The van der Waals surface area contributed by atoms with Crippen molar-refractivity contribution in [1.82, 2.24) is 4.90 Å². The van der Waals surface area contributed by atoms with Crippen LogP contribution in [0.4, 0.5) is 0 Å². The SMILES string of the molecule is C=C1[C@@H](CC)OC(=O)[C@H](C)[C@@H](OC2C[C@@](C)(OC)[C@@H](OC(=O)c3ccccc3)[C@H](C)O2)[C@H](C)[C@@H](OC2O[C@H](C)C[C@H](N(C)C)[C@H]2OC(=O)c2ccccc2)[C@@](C)(OC)C[C@@H](C)[C@@H]2OC(C)(C)O[C@@H]1[C@H]2C. The fourth-order valence-corrected chi connectivity index (χ4v) is 11.3. The number of cyclic esters (lactones) is 1. The fraction of sp³-hybridized carbons (Fsp3) is 0.691. The molecule has 4 aliphatic rings. The Morgan fingerprint density at radius 2 is 1.31 bits per heavy atom. The van der Waals surface area contributed by atoms with E-state index in [1.165, 1.54) is 0 Å². The molecule has 4 aliphatic heterocycles. The molecule has 390 valence electrons. The molecule has 4 heterocycles. The second-order valence-corrected chi connectivity index (χ2v) is 21.3. The summed E-state index contributed by atoms with van der Waals surface area (Å²) < 4.78 is 73.1. The van der Waals surface area contributed by atoms with Gasteiger partial charge >= 0.3 is 17.9 Å². The zero-order valence-electron chi connectivity index (χ0n) is 44.2. The van der Waals surface area contributed by atoms with E-state index in [1.807, 2.05) is 79.6 Å². The molecule has 2 bridgehead atoms. The van der Waals surface area contributed by atoms with Crippen molar-refractivity contribution in [3.8, 4) is 0 Å². The highest BCUT2D eigenvalue weighted by atomic mass is 16.7. The van der Waals surface area contributed by atoms with Gasteiger partial charge in [-0.25, -0.2) is 9.59 Å². The first kappa shape index (κ1) is 55.5. The van der Waals surface area contributed by atoms with Crippen LogP contribution < -0.4 is 0 Å². The molecule has 15 heteroatoms. The van der Waals surface area contributed by atoms with E-state index in [-0.39, 0.29) is 36.5 Å². The van der Waals surface area contributed by atoms with E-state index in [9.17, 15) is 14.4 Å². The van der Waals surface area contributed by atoms with Gasteiger partial charge in [-0.3, -0.25) is 4.79 Å². The smallest absolute Gasteiger partial charge is 0.338 e. The van der Waals surface area contributed by atoms with Crippen molar-refractivity contribution in [2.75, 3.05) is 28.3 Å². The van der Waals surface area contributed by atoms with Crippen molar-refractivity contribution in [2.45, 2.75) is 192 Å². The topological polar surface area (TPSA) is 156 Å². The van der Waals surface area contributed by atoms with Crippen molar-refractivity contribution < 1.29 is 66.5 Å². The van der Waals surface area contributed by atoms with Gasteiger partial charge in [0.1, 0.15) is 11.7 Å². The predicted octanol–water partition coefficient (Wildman–Crippen LogP) is 8.56. The Balaban J connectivity index is 1.45. The minimum absolute atomic E-state index is 0.126. The van der Waals surface area contributed by atoms with Crippen molar-refractivity contribution in [3.05, 3.63) is 83.9 Å². The third-order valence-electron chi connectivity index (χ3n) is 15.2. The van der Waals surface area contributed by atoms with Crippen LogP contribution in [0.3, 0.4) is 0 Å². The minimum Gasteiger partial charge on any atom is -0.457 e. The third kappa shape index (κ3) is 12.3. The maximum absolute atomic E-state index is 14.9. The van der Waals surface area contributed by atoms with E-state index >= 15 is 0 Å². The molecule has 6 rings (SSSR count). The first-order valence-corrected chi connectivity index (χ1v) is 25.1. The Kier molecular flexibility index (Phi) is 18.2. The van der Waals surface area contributed by atoms with Crippen molar-refractivity contribution in [2.24, 2.45) is 23.7 Å². The normalized spacial score (nSPS) is 39.6. The van der Waals surface area contributed by atoms with Crippen LogP contribution in [0.15, 0.2) is 72.8 Å². The van der Waals surface area contributed by atoms with Crippen LogP contribution in [-0.2, 0) is 56.9 Å². The highest BCUT2D eigenvalue weighted by Gasteiger charge is 2.55. The van der Waals surface area contributed by atoms with E-state index in [2.05, 4.69) is 20.4 Å². The van der Waals surface area contributed by atoms with E-state index < -0.39 is 102 Å². The number of nitrogens with zero attached hydrogens (tertiary/aromatic N) is 1. The monoisotopic (exact) mass is 980 g/mol. The Morgan fingerprint density at radius 3 is 1.87 bits per heavy atom. The highest BCUT2D eigenvalue weighted by molar-refractivity contribution is 5.90. The number of carbonyl (C=O) groups is 3. The van der Waals surface area contributed by atoms with Crippen molar-refractivity contribution >= 4 is 17.9 Å². The molecular formula is C55H81NO14. The van der Waals surface area contributed by atoms with Crippen LogP contribution in [0, 0.1) is 23.7 Å². The number of carbonyl (C=O) groups excluding carboxylic acids is 3. The number of rotatable bonds is 12. The summed E-state index contributed by atoms with van der Waals surface area (Å²) in [7, 11) is 7.10. The number of benzene rings is 2. The average molecular weight is 980 g/mol. The van der Waals surface area contributed by atoms with Gasteiger partial charge in [-0.2, -0.15) is 0 Å². The van der Waals surface area contributed by atoms with E-state index in [1.54, 1.807) is 76.6 Å². The first-order chi connectivity index (χ1) is 33.0. The Labute approximate surface area is 416 Å². The summed E-state index contributed by atoms with van der Waals surface area (Å²) in [5.74, 6) is -4.53. The number of fused-ring (bicyclic) bond motifs is 2. The second-order valence-electron chi connectivity index (χ2n) is 21.3. The molecule has 0 aliphatic carbocycles. The molecule has 0 aromatic heterocycles. The standard InChI is InChI=1S/C55H81NO14/c1-17-41-33(4)45-34(5)43(69-53(9,10)70-45)31(2)29-54(11,60-15)47(68-52-46(40(56(13)14)28-32(3)62-52)66-50(58)38-24-20-18-21-25-38)35(6)44(36(7)49(57)64-41)65-42-30-55(12,61-16)48(37(8)63-42)67-51(59)39-26-22-19-23-27-39/h18-27,31-32,34-37,40-48,52H,4,17,28-30H2,1-3,5-16H3/t31-,32-,34+,35+,36-,37+,40+,41-,42?,43+,44+,45+,46-,47-,48+,52?,54+,55-/m1/s1. The molecule has 2 aromatic rings. The molecule has 0 spiro atoms. The quantitative estimate of drug-likeness (QED) is 0.113. The third-order valence-corrected chi connectivity index (χ3v) is 15.2. The van der Waals surface area contributed by atoms with Gasteiger partial charge in [0.15, 0.2) is 30.6 Å². The molecule has 15 nitrogen and oxygen atoms in total. The lowest BCUT2D eigenvalue weighted by Crippen LogP contribution is -2.62. The average Bonchev–Trinajstić information content (AvgIpc) is 3.33. The van der Waals surface area contributed by atoms with Gasteiger partial charge < -0.3 is 57.0 Å². The van der Waals surface area contributed by atoms with Crippen LogP contribution >= 0.6 is 0 Å². The summed E-state index contributed by atoms with van der Waals surface area (Å²) in [4.78, 5) is 44.3. The van der Waals surface area contributed by atoms with E-state index in [4.69, 9.17) is 52.1 Å². The second kappa shape index (κ2) is 23.0. The maximum atomic E-state index is 14.9.